The van der Waals surface area contributed by atoms with Gasteiger partial charge in [-0.2, -0.15) is 4.39 Å². The topological polar surface area (TPSA) is 27.7 Å². The maximum absolute atomic E-state index is 14.7. The highest BCUT2D eigenvalue weighted by molar-refractivity contribution is 5.66. The Labute approximate surface area is 206 Å². The van der Waals surface area contributed by atoms with E-state index in [1.165, 1.54) is 31.4 Å². The van der Waals surface area contributed by atoms with Crippen molar-refractivity contribution in [3.05, 3.63) is 107 Å². The number of hydrogen-bond acceptors (Lipinski definition) is 3. The van der Waals surface area contributed by atoms with Crippen LogP contribution in [0, 0.1) is 23.3 Å². The third-order valence-corrected chi connectivity index (χ3v) is 5.73. The maximum atomic E-state index is 14.7. The van der Waals surface area contributed by atoms with Crippen LogP contribution in [0.25, 0.3) is 22.3 Å². The predicted octanol–water partition coefficient (Wildman–Crippen LogP) is 7.70. The molecule has 0 heterocycles. The zero-order chi connectivity index (χ0) is 25.7. The normalized spacial score (nSPS) is 10.9. The van der Waals surface area contributed by atoms with Gasteiger partial charge in [-0.25, -0.2) is 13.2 Å². The summed E-state index contributed by atoms with van der Waals surface area (Å²) < 4.78 is 74.0. The average Bonchev–Trinajstić information content (AvgIpc) is 2.91. The Bertz CT molecular complexity index is 1340. The monoisotopic (exact) mass is 496 g/mol. The van der Waals surface area contributed by atoms with Gasteiger partial charge in [-0.3, -0.25) is 0 Å². The first-order valence-electron chi connectivity index (χ1n) is 11.3. The molecule has 0 aliphatic carbocycles. The largest absolute Gasteiger partial charge is 0.497 e. The van der Waals surface area contributed by atoms with Crippen LogP contribution in [0.3, 0.4) is 0 Å². The van der Waals surface area contributed by atoms with Crippen molar-refractivity contribution in [2.24, 2.45) is 0 Å². The fraction of sp³-hybridized carbons (Fsp3) is 0.172. The number of hydrogen-bond donors (Lipinski definition) is 0. The molecule has 7 heteroatoms. The highest BCUT2D eigenvalue weighted by Gasteiger charge is 2.17. The lowest BCUT2D eigenvalue weighted by Gasteiger charge is -2.12. The van der Waals surface area contributed by atoms with Crippen molar-refractivity contribution >= 4 is 0 Å². The minimum absolute atomic E-state index is 0.00591. The lowest BCUT2D eigenvalue weighted by atomic mass is 10.0. The Hall–Kier alpha value is -3.84. The second kappa shape index (κ2) is 11.3. The summed E-state index contributed by atoms with van der Waals surface area (Å²) in [6.45, 7) is 2.13. The first-order valence-corrected chi connectivity index (χ1v) is 11.3. The molecule has 0 radical (unpaired) electrons. The number of methoxy groups -OCH3 is 1. The minimum Gasteiger partial charge on any atom is -0.497 e. The highest BCUT2D eigenvalue weighted by Crippen LogP contribution is 2.32. The van der Waals surface area contributed by atoms with E-state index in [0.29, 0.717) is 29.0 Å². The summed E-state index contributed by atoms with van der Waals surface area (Å²) in [5, 5.41) is 0. The summed E-state index contributed by atoms with van der Waals surface area (Å²) in [4.78, 5) is 0. The molecule has 36 heavy (non-hydrogen) atoms. The molecule has 0 spiro atoms. The molecular weight excluding hydrogens is 472 g/mol. The Morgan fingerprint density at radius 3 is 1.81 bits per heavy atom. The Morgan fingerprint density at radius 2 is 1.19 bits per heavy atom. The van der Waals surface area contributed by atoms with E-state index in [1.807, 2.05) is 0 Å². The van der Waals surface area contributed by atoms with Gasteiger partial charge in [0.05, 0.1) is 13.7 Å². The van der Waals surface area contributed by atoms with Gasteiger partial charge in [0, 0.05) is 23.3 Å². The van der Waals surface area contributed by atoms with Gasteiger partial charge in [-0.15, -0.1) is 0 Å². The van der Waals surface area contributed by atoms with Crippen LogP contribution in [0.1, 0.15) is 18.1 Å². The summed E-state index contributed by atoms with van der Waals surface area (Å²) in [6, 6.07) is 19.0. The molecule has 0 amide bonds. The van der Waals surface area contributed by atoms with Crippen LogP contribution in [0.2, 0.25) is 0 Å². The number of halogens is 4. The number of ether oxygens (including phenoxy) is 3. The lowest BCUT2D eigenvalue weighted by molar-refractivity contribution is 0.131. The summed E-state index contributed by atoms with van der Waals surface area (Å²) in [7, 11) is 1.52. The number of rotatable bonds is 9. The van der Waals surface area contributed by atoms with Crippen LogP contribution in [0.5, 0.6) is 11.5 Å². The van der Waals surface area contributed by atoms with Gasteiger partial charge < -0.3 is 14.2 Å². The molecule has 0 fully saturated rings. The number of benzene rings is 4. The van der Waals surface area contributed by atoms with E-state index in [1.54, 1.807) is 55.5 Å². The molecule has 0 aromatic heterocycles. The third-order valence-electron chi connectivity index (χ3n) is 5.73. The van der Waals surface area contributed by atoms with Crippen LogP contribution in [0.4, 0.5) is 17.6 Å². The Morgan fingerprint density at radius 1 is 0.611 bits per heavy atom. The van der Waals surface area contributed by atoms with Crippen LogP contribution in [-0.4, -0.2) is 13.7 Å². The summed E-state index contributed by atoms with van der Waals surface area (Å²) in [6.07, 6.45) is 0. The molecule has 4 rings (SSSR count). The maximum Gasteiger partial charge on any atom is 0.201 e. The summed E-state index contributed by atoms with van der Waals surface area (Å²) in [5.41, 5.74) is 1.99. The van der Waals surface area contributed by atoms with Crippen LogP contribution >= 0.6 is 0 Å². The van der Waals surface area contributed by atoms with E-state index in [4.69, 9.17) is 14.2 Å². The second-order valence-electron chi connectivity index (χ2n) is 7.99. The smallest absolute Gasteiger partial charge is 0.201 e. The van der Waals surface area contributed by atoms with E-state index in [2.05, 4.69) is 0 Å². The summed E-state index contributed by atoms with van der Waals surface area (Å²) >= 11 is 0. The van der Waals surface area contributed by atoms with Gasteiger partial charge in [-0.05, 0) is 47.9 Å². The predicted molar refractivity (Wildman–Crippen MR) is 130 cm³/mol. The third kappa shape index (κ3) is 5.36. The van der Waals surface area contributed by atoms with E-state index in [9.17, 15) is 17.6 Å². The van der Waals surface area contributed by atoms with Gasteiger partial charge in [0.1, 0.15) is 12.4 Å². The van der Waals surface area contributed by atoms with Crippen molar-refractivity contribution in [2.75, 3.05) is 13.7 Å². The summed E-state index contributed by atoms with van der Waals surface area (Å²) in [5.74, 6) is -3.62. The van der Waals surface area contributed by atoms with Gasteiger partial charge in [0.15, 0.2) is 23.2 Å². The molecule has 0 aliphatic heterocycles. The molecule has 0 atom stereocenters. The molecule has 4 aromatic rings. The first-order chi connectivity index (χ1) is 17.4. The van der Waals surface area contributed by atoms with Crippen molar-refractivity contribution in [3.63, 3.8) is 0 Å². The minimum atomic E-state index is -1.09. The van der Waals surface area contributed by atoms with Gasteiger partial charge in [-0.1, -0.05) is 48.5 Å². The zero-order valence-electron chi connectivity index (χ0n) is 19.8. The van der Waals surface area contributed by atoms with E-state index in [-0.39, 0.29) is 35.7 Å². The molecule has 0 unspecified atom stereocenters. The molecule has 0 bridgehead atoms. The molecule has 0 saturated carbocycles. The standard InChI is InChI=1S/C29H24F4O3/c1-3-35-17-21-10-13-23(27(31)26(21)30)19-6-4-18(5-7-19)16-36-25-15-14-24(28(32)29(25)33)20-8-11-22(34-2)12-9-20/h4-15H,3,16-17H2,1-2H3. The molecule has 0 N–H and O–H groups in total. The lowest BCUT2D eigenvalue weighted by Crippen LogP contribution is -2.01. The Balaban J connectivity index is 1.46. The highest BCUT2D eigenvalue weighted by atomic mass is 19.2. The molecule has 0 saturated heterocycles. The van der Waals surface area contributed by atoms with Crippen molar-refractivity contribution < 1.29 is 31.8 Å². The fourth-order valence-electron chi connectivity index (χ4n) is 3.71. The fourth-order valence-corrected chi connectivity index (χ4v) is 3.71. The van der Waals surface area contributed by atoms with E-state index in [0.717, 1.165) is 0 Å². The van der Waals surface area contributed by atoms with Crippen LogP contribution < -0.4 is 9.47 Å². The first kappa shape index (κ1) is 25.3. The molecular formula is C29H24F4O3. The van der Waals surface area contributed by atoms with Crippen molar-refractivity contribution in [3.8, 4) is 33.8 Å². The second-order valence-corrected chi connectivity index (χ2v) is 7.99. The van der Waals surface area contributed by atoms with Gasteiger partial charge >= 0.3 is 0 Å². The molecule has 4 aromatic carbocycles. The van der Waals surface area contributed by atoms with Crippen LogP contribution in [0.15, 0.2) is 72.8 Å². The van der Waals surface area contributed by atoms with Crippen molar-refractivity contribution in [2.45, 2.75) is 20.1 Å². The van der Waals surface area contributed by atoms with Gasteiger partial charge in [0.2, 0.25) is 5.82 Å². The van der Waals surface area contributed by atoms with Crippen molar-refractivity contribution in [1.82, 2.24) is 0 Å². The average molecular weight is 497 g/mol. The van der Waals surface area contributed by atoms with E-state index < -0.39 is 23.3 Å². The quantitative estimate of drug-likeness (QED) is 0.222. The van der Waals surface area contributed by atoms with Gasteiger partial charge in [0.25, 0.3) is 0 Å². The molecule has 186 valence electrons. The molecule has 3 nitrogen and oxygen atoms in total. The molecule has 0 aliphatic rings. The zero-order valence-corrected chi connectivity index (χ0v) is 19.8. The van der Waals surface area contributed by atoms with Crippen molar-refractivity contribution in [1.29, 1.82) is 0 Å². The SMILES string of the molecule is CCOCc1ccc(-c2ccc(COc3ccc(-c4ccc(OC)cc4)c(F)c3F)cc2)c(F)c1F. The van der Waals surface area contributed by atoms with Crippen LogP contribution in [-0.2, 0) is 18.0 Å². The van der Waals surface area contributed by atoms with E-state index >= 15 is 0 Å². The Kier molecular flexibility index (Phi) is 7.90.